The number of aromatic nitrogens is 1. The monoisotopic (exact) mass is 463 g/mol. The first-order chi connectivity index (χ1) is 16.3. The van der Waals surface area contributed by atoms with Gasteiger partial charge in [-0.3, -0.25) is 14.4 Å². The van der Waals surface area contributed by atoms with Crippen LogP contribution in [0.25, 0.3) is 10.9 Å². The van der Waals surface area contributed by atoms with Crippen LogP contribution in [0.2, 0.25) is 0 Å². The Labute approximate surface area is 197 Å². The van der Waals surface area contributed by atoms with Crippen molar-refractivity contribution in [3.8, 4) is 11.8 Å². The van der Waals surface area contributed by atoms with Gasteiger partial charge in [0.15, 0.2) is 0 Å². The number of benzene rings is 1. The number of ether oxygens (including phenoxy) is 1. The first-order valence-electron chi connectivity index (χ1n) is 11.7. The summed E-state index contributed by atoms with van der Waals surface area (Å²) in [6.07, 6.45) is 0.927. The van der Waals surface area contributed by atoms with E-state index in [1.54, 1.807) is 18.1 Å². The SMILES string of the molecule is COc1cccc2[nH]c(C(=O)N3C[C@H]4C(C3C(=O)N[C@H](C#N)C[C@@H]3CCNC3=O)C4(C)C)cc12. The lowest BCUT2D eigenvalue weighted by molar-refractivity contribution is -0.127. The molecule has 5 atom stereocenters. The molecule has 3 N–H and O–H groups in total. The molecule has 2 aromatic rings. The number of methoxy groups -OCH3 is 1. The number of likely N-dealkylation sites (tertiary alicyclic amines) is 1. The Hall–Kier alpha value is -3.54. The Morgan fingerprint density at radius 1 is 1.38 bits per heavy atom. The molecule has 3 fully saturated rings. The first-order valence-corrected chi connectivity index (χ1v) is 11.7. The number of piperidine rings is 1. The summed E-state index contributed by atoms with van der Waals surface area (Å²) in [4.78, 5) is 43.7. The molecule has 2 aliphatic heterocycles. The zero-order valence-electron chi connectivity index (χ0n) is 19.6. The largest absolute Gasteiger partial charge is 0.496 e. The third-order valence-corrected chi connectivity index (χ3v) is 7.97. The van der Waals surface area contributed by atoms with Crippen molar-refractivity contribution in [1.82, 2.24) is 20.5 Å². The van der Waals surface area contributed by atoms with E-state index >= 15 is 0 Å². The third-order valence-electron chi connectivity index (χ3n) is 7.97. The number of nitrogens with one attached hydrogen (secondary N) is 3. The minimum absolute atomic E-state index is 0.0319. The average molecular weight is 464 g/mol. The van der Waals surface area contributed by atoms with Crippen LogP contribution >= 0.6 is 0 Å². The fraction of sp³-hybridized carbons (Fsp3) is 0.520. The van der Waals surface area contributed by atoms with Gasteiger partial charge in [-0.05, 0) is 48.3 Å². The number of hydrogen-bond donors (Lipinski definition) is 3. The normalized spacial score (nSPS) is 27.6. The third kappa shape index (κ3) is 3.49. The Kier molecular flexibility index (Phi) is 5.27. The Bertz CT molecular complexity index is 1210. The molecule has 1 aromatic carbocycles. The number of carbonyl (C=O) groups excluding carboxylic acids is 3. The summed E-state index contributed by atoms with van der Waals surface area (Å²) in [6, 6.07) is 8.00. The van der Waals surface area contributed by atoms with E-state index in [9.17, 15) is 19.6 Å². The highest BCUT2D eigenvalue weighted by molar-refractivity contribution is 6.02. The van der Waals surface area contributed by atoms with E-state index < -0.39 is 12.1 Å². The van der Waals surface area contributed by atoms with Crippen molar-refractivity contribution in [3.05, 3.63) is 30.0 Å². The molecule has 1 aromatic heterocycles. The molecule has 9 nitrogen and oxygen atoms in total. The van der Waals surface area contributed by atoms with Gasteiger partial charge in [-0.25, -0.2) is 0 Å². The second-order valence-electron chi connectivity index (χ2n) is 10.2. The van der Waals surface area contributed by atoms with Crippen LogP contribution in [0.4, 0.5) is 0 Å². The Morgan fingerprint density at radius 3 is 2.85 bits per heavy atom. The molecule has 2 saturated heterocycles. The van der Waals surface area contributed by atoms with Crippen LogP contribution in [0.3, 0.4) is 0 Å². The second kappa shape index (κ2) is 8.05. The molecular weight excluding hydrogens is 434 g/mol. The van der Waals surface area contributed by atoms with Crippen LogP contribution in [-0.2, 0) is 9.59 Å². The maximum absolute atomic E-state index is 13.5. The summed E-state index contributed by atoms with van der Waals surface area (Å²) in [5.41, 5.74) is 1.14. The van der Waals surface area contributed by atoms with Crippen LogP contribution in [-0.4, -0.2) is 59.9 Å². The number of aromatic amines is 1. The number of nitriles is 1. The molecule has 3 amide bonds. The first kappa shape index (κ1) is 22.3. The summed E-state index contributed by atoms with van der Waals surface area (Å²) in [5.74, 6) is -0.00490. The lowest BCUT2D eigenvalue weighted by atomic mass is 9.97. The fourth-order valence-corrected chi connectivity index (χ4v) is 5.93. The highest BCUT2D eigenvalue weighted by Gasteiger charge is 2.69. The molecule has 3 aliphatic rings. The topological polar surface area (TPSA) is 127 Å². The number of H-pyrrole nitrogens is 1. The number of rotatable bonds is 6. The summed E-state index contributed by atoms with van der Waals surface area (Å²) >= 11 is 0. The molecule has 1 aliphatic carbocycles. The Balaban J connectivity index is 1.37. The molecule has 0 bridgehead atoms. The zero-order chi connectivity index (χ0) is 24.2. The van der Waals surface area contributed by atoms with Gasteiger partial charge in [-0.1, -0.05) is 19.9 Å². The number of carbonyl (C=O) groups is 3. The predicted molar refractivity (Wildman–Crippen MR) is 124 cm³/mol. The van der Waals surface area contributed by atoms with Crippen LogP contribution in [0.5, 0.6) is 5.75 Å². The van der Waals surface area contributed by atoms with Crippen molar-refractivity contribution < 1.29 is 19.1 Å². The molecule has 34 heavy (non-hydrogen) atoms. The van der Waals surface area contributed by atoms with E-state index in [1.807, 2.05) is 18.2 Å². The lowest BCUT2D eigenvalue weighted by Crippen LogP contribution is -2.52. The van der Waals surface area contributed by atoms with Gasteiger partial charge in [0.25, 0.3) is 5.91 Å². The molecule has 5 rings (SSSR count). The standard InChI is InChI=1S/C25H29N5O4/c1-25(2)16-12-30(24(33)18-10-15-17(29-18)5-4-6-19(15)34-3)21(20(16)25)23(32)28-14(11-26)9-13-7-8-27-22(13)31/h4-6,10,13-14,16,20-21,29H,7-9,12H2,1-3H3,(H,27,31)(H,28,32)/t13-,14-,16-,20?,21?/m0/s1. The lowest BCUT2D eigenvalue weighted by Gasteiger charge is -2.30. The van der Waals surface area contributed by atoms with Crippen molar-refractivity contribution in [3.63, 3.8) is 0 Å². The van der Waals surface area contributed by atoms with Gasteiger partial charge in [0.05, 0.1) is 13.2 Å². The average Bonchev–Trinajstić information content (AvgIpc) is 3.33. The fourth-order valence-electron chi connectivity index (χ4n) is 5.93. The minimum atomic E-state index is -0.781. The summed E-state index contributed by atoms with van der Waals surface area (Å²) in [6.45, 7) is 5.31. The van der Waals surface area contributed by atoms with Gasteiger partial charge < -0.3 is 25.3 Å². The van der Waals surface area contributed by atoms with Crippen molar-refractivity contribution in [2.24, 2.45) is 23.2 Å². The summed E-state index contributed by atoms with van der Waals surface area (Å²) < 4.78 is 5.41. The summed E-state index contributed by atoms with van der Waals surface area (Å²) in [5, 5.41) is 16.0. The molecule has 1 saturated carbocycles. The van der Waals surface area contributed by atoms with E-state index in [0.717, 1.165) is 10.9 Å². The number of hydrogen-bond acceptors (Lipinski definition) is 5. The predicted octanol–water partition coefficient (Wildman–Crippen LogP) is 1.81. The van der Waals surface area contributed by atoms with Crippen LogP contribution in [0.1, 0.15) is 37.2 Å². The molecule has 9 heteroatoms. The van der Waals surface area contributed by atoms with E-state index in [1.165, 1.54) is 0 Å². The van der Waals surface area contributed by atoms with E-state index in [0.29, 0.717) is 31.0 Å². The maximum atomic E-state index is 13.5. The van der Waals surface area contributed by atoms with E-state index in [-0.39, 0.29) is 47.3 Å². The van der Waals surface area contributed by atoms with Crippen molar-refractivity contribution in [2.45, 2.75) is 38.8 Å². The van der Waals surface area contributed by atoms with Gasteiger partial charge in [0, 0.05) is 29.9 Å². The highest BCUT2D eigenvalue weighted by atomic mass is 16.5. The maximum Gasteiger partial charge on any atom is 0.271 e. The van der Waals surface area contributed by atoms with Crippen molar-refractivity contribution in [2.75, 3.05) is 20.2 Å². The van der Waals surface area contributed by atoms with Crippen molar-refractivity contribution >= 4 is 28.6 Å². The molecule has 178 valence electrons. The quantitative estimate of drug-likeness (QED) is 0.602. The smallest absolute Gasteiger partial charge is 0.271 e. The van der Waals surface area contributed by atoms with Gasteiger partial charge in [-0.15, -0.1) is 0 Å². The Morgan fingerprint density at radius 2 is 2.18 bits per heavy atom. The molecular formula is C25H29N5O4. The summed E-state index contributed by atoms with van der Waals surface area (Å²) in [7, 11) is 1.58. The van der Waals surface area contributed by atoms with Gasteiger partial charge >= 0.3 is 0 Å². The number of fused-ring (bicyclic) bond motifs is 2. The second-order valence-corrected chi connectivity index (χ2v) is 10.2. The molecule has 2 unspecified atom stereocenters. The van der Waals surface area contributed by atoms with Crippen LogP contribution in [0.15, 0.2) is 24.3 Å². The van der Waals surface area contributed by atoms with Crippen LogP contribution in [0, 0.1) is 34.5 Å². The zero-order valence-corrected chi connectivity index (χ0v) is 19.6. The van der Waals surface area contributed by atoms with E-state index in [2.05, 4.69) is 35.5 Å². The molecule has 0 radical (unpaired) electrons. The van der Waals surface area contributed by atoms with E-state index in [4.69, 9.17) is 4.74 Å². The molecule has 0 spiro atoms. The van der Waals surface area contributed by atoms with Gasteiger partial charge in [0.1, 0.15) is 23.5 Å². The molecule has 3 heterocycles. The van der Waals surface area contributed by atoms with Gasteiger partial charge in [-0.2, -0.15) is 5.26 Å². The van der Waals surface area contributed by atoms with Crippen molar-refractivity contribution in [1.29, 1.82) is 5.26 Å². The van der Waals surface area contributed by atoms with Crippen LogP contribution < -0.4 is 15.4 Å². The number of nitrogens with zero attached hydrogens (tertiary/aromatic N) is 2. The van der Waals surface area contributed by atoms with Gasteiger partial charge in [0.2, 0.25) is 11.8 Å². The highest BCUT2D eigenvalue weighted by Crippen LogP contribution is 2.65. The minimum Gasteiger partial charge on any atom is -0.496 e. The number of amides is 3.